The van der Waals surface area contributed by atoms with Crippen LogP contribution in [0.4, 0.5) is 13.2 Å². The fourth-order valence-corrected chi connectivity index (χ4v) is 3.10. The van der Waals surface area contributed by atoms with Crippen LogP contribution in [-0.4, -0.2) is 22.0 Å². The second kappa shape index (κ2) is 6.94. The minimum atomic E-state index is -4.50. The SMILES string of the molecule is [N]C1CCCCC(Cc2cn(-c3ccccc3)nc2C(F)(F)F)N1. The third-order valence-electron chi connectivity index (χ3n) is 4.25. The van der Waals surface area contributed by atoms with Crippen molar-refractivity contribution in [2.75, 3.05) is 0 Å². The van der Waals surface area contributed by atoms with Gasteiger partial charge in [0.15, 0.2) is 5.69 Å². The highest BCUT2D eigenvalue weighted by Crippen LogP contribution is 2.32. The first kappa shape index (κ1) is 17.0. The first-order valence-electron chi connectivity index (χ1n) is 8.09. The zero-order chi connectivity index (χ0) is 17.2. The van der Waals surface area contributed by atoms with E-state index in [9.17, 15) is 18.9 Å². The largest absolute Gasteiger partial charge is 0.435 e. The molecule has 1 aromatic carbocycles. The highest BCUT2D eigenvalue weighted by Gasteiger charge is 2.38. The van der Waals surface area contributed by atoms with Gasteiger partial charge in [-0.1, -0.05) is 31.0 Å². The maximum atomic E-state index is 13.3. The Balaban J connectivity index is 1.89. The summed E-state index contributed by atoms with van der Waals surface area (Å²) in [4.78, 5) is 0. The second-order valence-corrected chi connectivity index (χ2v) is 6.15. The Hall–Kier alpha value is -1.86. The van der Waals surface area contributed by atoms with E-state index in [0.717, 1.165) is 19.3 Å². The predicted molar refractivity (Wildman–Crippen MR) is 83.6 cm³/mol. The van der Waals surface area contributed by atoms with Gasteiger partial charge in [-0.25, -0.2) is 4.68 Å². The average molecular weight is 336 g/mol. The molecule has 4 nitrogen and oxygen atoms in total. The van der Waals surface area contributed by atoms with Crippen LogP contribution in [0.15, 0.2) is 36.5 Å². The summed E-state index contributed by atoms with van der Waals surface area (Å²) in [5, 5.41) is 6.77. The van der Waals surface area contributed by atoms with E-state index in [4.69, 9.17) is 0 Å². The number of hydrogen-bond donors (Lipinski definition) is 1. The normalized spacial score (nSPS) is 22.3. The standard InChI is InChI=1S/C17H19F3N4/c18-17(19,20)16-12(10-13-6-4-5-9-15(21)22-13)11-24(23-16)14-7-2-1-3-8-14/h1-3,7-8,11,13,15,22H,4-6,9-10H2. The van der Waals surface area contributed by atoms with E-state index in [-0.39, 0.29) is 18.0 Å². The van der Waals surface area contributed by atoms with Crippen LogP contribution < -0.4 is 11.1 Å². The summed E-state index contributed by atoms with van der Waals surface area (Å²) < 4.78 is 41.3. The summed E-state index contributed by atoms with van der Waals surface area (Å²) in [5.74, 6) is 0. The fraction of sp³-hybridized carbons (Fsp3) is 0.471. The Kier molecular flexibility index (Phi) is 4.91. The number of nitrogens with zero attached hydrogens (tertiary/aromatic N) is 3. The highest BCUT2D eigenvalue weighted by atomic mass is 19.4. The lowest BCUT2D eigenvalue weighted by Gasteiger charge is -2.18. The van der Waals surface area contributed by atoms with Crippen LogP contribution in [0.1, 0.15) is 36.9 Å². The Morgan fingerprint density at radius 1 is 1.17 bits per heavy atom. The molecule has 0 bridgehead atoms. The van der Waals surface area contributed by atoms with Crippen LogP contribution in [0.3, 0.4) is 0 Å². The van der Waals surface area contributed by atoms with Crippen molar-refractivity contribution in [3.05, 3.63) is 47.8 Å². The van der Waals surface area contributed by atoms with Gasteiger partial charge in [0, 0.05) is 17.8 Å². The van der Waals surface area contributed by atoms with E-state index >= 15 is 0 Å². The molecule has 128 valence electrons. The van der Waals surface area contributed by atoms with Crippen LogP contribution in [0.25, 0.3) is 5.69 Å². The molecule has 1 aliphatic rings. The van der Waals surface area contributed by atoms with Gasteiger partial charge in [-0.15, -0.1) is 5.73 Å². The molecule has 24 heavy (non-hydrogen) atoms. The van der Waals surface area contributed by atoms with Crippen LogP contribution in [0, 0.1) is 0 Å². The zero-order valence-electron chi connectivity index (χ0n) is 13.1. The van der Waals surface area contributed by atoms with Gasteiger partial charge < -0.3 is 0 Å². The summed E-state index contributed by atoms with van der Waals surface area (Å²) in [6, 6.07) is 8.56. The van der Waals surface area contributed by atoms with Crippen molar-refractivity contribution in [1.29, 1.82) is 0 Å². The smallest absolute Gasteiger partial charge is 0.296 e. The molecule has 1 N–H and O–H groups in total. The highest BCUT2D eigenvalue weighted by molar-refractivity contribution is 5.33. The fourth-order valence-electron chi connectivity index (χ4n) is 3.10. The molecule has 1 fully saturated rings. The van der Waals surface area contributed by atoms with Gasteiger partial charge in [-0.2, -0.15) is 18.3 Å². The number of aromatic nitrogens is 2. The number of para-hydroxylation sites is 1. The van der Waals surface area contributed by atoms with Crippen LogP contribution in [0.5, 0.6) is 0 Å². The molecule has 0 aliphatic carbocycles. The number of halogens is 3. The minimum Gasteiger partial charge on any atom is -0.296 e. The Morgan fingerprint density at radius 3 is 2.58 bits per heavy atom. The van der Waals surface area contributed by atoms with Crippen LogP contribution in [0.2, 0.25) is 0 Å². The number of rotatable bonds is 3. The summed E-state index contributed by atoms with van der Waals surface area (Å²) in [6.45, 7) is 0. The predicted octanol–water partition coefficient (Wildman–Crippen LogP) is 3.36. The van der Waals surface area contributed by atoms with Crippen molar-refractivity contribution in [2.45, 2.75) is 50.5 Å². The first-order valence-corrected chi connectivity index (χ1v) is 8.09. The molecule has 2 aromatic rings. The van der Waals surface area contributed by atoms with E-state index in [0.29, 0.717) is 12.1 Å². The molecule has 0 amide bonds. The third-order valence-corrected chi connectivity index (χ3v) is 4.25. The van der Waals surface area contributed by atoms with Gasteiger partial charge in [0.2, 0.25) is 0 Å². The average Bonchev–Trinajstić information content (AvgIpc) is 2.85. The summed E-state index contributed by atoms with van der Waals surface area (Å²) >= 11 is 0. The molecule has 1 aromatic heterocycles. The molecule has 1 aliphatic heterocycles. The number of benzene rings is 1. The van der Waals surface area contributed by atoms with E-state index in [2.05, 4.69) is 10.4 Å². The van der Waals surface area contributed by atoms with E-state index in [1.165, 1.54) is 10.9 Å². The van der Waals surface area contributed by atoms with E-state index in [1.807, 2.05) is 0 Å². The molecule has 2 unspecified atom stereocenters. The number of nitrogens with one attached hydrogen (secondary N) is 1. The molecule has 0 spiro atoms. The molecular weight excluding hydrogens is 317 g/mol. The van der Waals surface area contributed by atoms with Gasteiger partial charge in [0.25, 0.3) is 0 Å². The van der Waals surface area contributed by atoms with E-state index in [1.54, 1.807) is 30.3 Å². The van der Waals surface area contributed by atoms with Crippen LogP contribution in [-0.2, 0) is 12.6 Å². The third kappa shape index (κ3) is 3.96. The van der Waals surface area contributed by atoms with Crippen LogP contribution >= 0.6 is 0 Å². The van der Waals surface area contributed by atoms with E-state index < -0.39 is 18.0 Å². The van der Waals surface area contributed by atoms with Crippen molar-refractivity contribution in [3.63, 3.8) is 0 Å². The molecule has 2 atom stereocenters. The molecular formula is C17H19F3N4. The van der Waals surface area contributed by atoms with Crippen molar-refractivity contribution in [1.82, 2.24) is 20.8 Å². The monoisotopic (exact) mass is 336 g/mol. The molecule has 7 heteroatoms. The molecule has 1 saturated heterocycles. The Labute approximate surface area is 138 Å². The van der Waals surface area contributed by atoms with Gasteiger partial charge in [0.05, 0.1) is 11.9 Å². The molecule has 2 heterocycles. The lowest BCUT2D eigenvalue weighted by Crippen LogP contribution is -2.39. The maximum Gasteiger partial charge on any atom is 0.435 e. The number of alkyl halides is 3. The maximum absolute atomic E-state index is 13.3. The Morgan fingerprint density at radius 2 is 1.88 bits per heavy atom. The summed E-state index contributed by atoms with van der Waals surface area (Å²) in [5.41, 5.74) is 9.68. The Bertz CT molecular complexity index is 666. The lowest BCUT2D eigenvalue weighted by atomic mass is 10.0. The lowest BCUT2D eigenvalue weighted by molar-refractivity contribution is -0.142. The van der Waals surface area contributed by atoms with Crippen molar-refractivity contribution < 1.29 is 13.2 Å². The molecule has 2 radical (unpaired) electrons. The molecule has 3 rings (SSSR count). The van der Waals surface area contributed by atoms with Gasteiger partial charge >= 0.3 is 6.18 Å². The van der Waals surface area contributed by atoms with Gasteiger partial charge in [0.1, 0.15) is 0 Å². The quantitative estimate of drug-likeness (QED) is 0.934. The first-order chi connectivity index (χ1) is 11.4. The minimum absolute atomic E-state index is 0.151. The van der Waals surface area contributed by atoms with Gasteiger partial charge in [-0.3, -0.25) is 5.32 Å². The second-order valence-electron chi connectivity index (χ2n) is 6.15. The van der Waals surface area contributed by atoms with Crippen molar-refractivity contribution in [3.8, 4) is 5.69 Å². The summed E-state index contributed by atoms with van der Waals surface area (Å²) in [6.07, 6.45) is -0.384. The van der Waals surface area contributed by atoms with Crippen molar-refractivity contribution in [2.24, 2.45) is 0 Å². The molecule has 0 saturated carbocycles. The summed E-state index contributed by atoms with van der Waals surface area (Å²) in [7, 11) is 0. The topological polar surface area (TPSA) is 52.2 Å². The number of hydrogen-bond acceptors (Lipinski definition) is 2. The van der Waals surface area contributed by atoms with Crippen molar-refractivity contribution >= 4 is 0 Å². The van der Waals surface area contributed by atoms with Gasteiger partial charge in [-0.05, 0) is 31.4 Å². The zero-order valence-corrected chi connectivity index (χ0v) is 13.1.